The Morgan fingerprint density at radius 1 is 1.10 bits per heavy atom. The molecule has 4 heterocycles. The lowest BCUT2D eigenvalue weighted by molar-refractivity contribution is 0.0687. The quantitative estimate of drug-likeness (QED) is 0.466. The van der Waals surface area contributed by atoms with E-state index in [4.69, 9.17) is 0 Å². The average Bonchev–Trinajstić information content (AvgIpc) is 3.50. The van der Waals surface area contributed by atoms with Crippen LogP contribution in [0.1, 0.15) is 39.3 Å². The molecule has 160 valence electrons. The fourth-order valence-electron chi connectivity index (χ4n) is 4.35. The molecule has 1 aliphatic rings. The SMILES string of the molecule is Cc1cc2ncn(CC3CCN(C(=O)c4sc(-n5cccc5)nc4C)CC3)c2cc1C. The van der Waals surface area contributed by atoms with Crippen molar-refractivity contribution >= 4 is 28.3 Å². The molecule has 4 aromatic rings. The van der Waals surface area contributed by atoms with Crippen LogP contribution in [0.3, 0.4) is 0 Å². The number of carbonyl (C=O) groups excluding carboxylic acids is 1. The third kappa shape index (κ3) is 3.78. The summed E-state index contributed by atoms with van der Waals surface area (Å²) in [7, 11) is 0. The maximum absolute atomic E-state index is 13.1. The number of hydrogen-bond donors (Lipinski definition) is 0. The van der Waals surface area contributed by atoms with Gasteiger partial charge in [-0.15, -0.1) is 0 Å². The van der Waals surface area contributed by atoms with Gasteiger partial charge in [0.25, 0.3) is 5.91 Å². The van der Waals surface area contributed by atoms with E-state index >= 15 is 0 Å². The van der Waals surface area contributed by atoms with Crippen molar-refractivity contribution in [2.75, 3.05) is 13.1 Å². The van der Waals surface area contributed by atoms with E-state index in [-0.39, 0.29) is 5.91 Å². The summed E-state index contributed by atoms with van der Waals surface area (Å²) in [6, 6.07) is 8.34. The van der Waals surface area contributed by atoms with Crippen molar-refractivity contribution in [1.29, 1.82) is 0 Å². The van der Waals surface area contributed by atoms with Crippen LogP contribution in [-0.4, -0.2) is 43.0 Å². The Bertz CT molecular complexity index is 1230. The van der Waals surface area contributed by atoms with E-state index in [1.165, 1.54) is 28.0 Å². The molecule has 1 aromatic carbocycles. The second-order valence-corrected chi connectivity index (χ2v) is 9.54. The number of hydrogen-bond acceptors (Lipinski definition) is 4. The highest BCUT2D eigenvalue weighted by Crippen LogP contribution is 2.27. The highest BCUT2D eigenvalue weighted by molar-refractivity contribution is 7.16. The fraction of sp³-hybridized carbons (Fsp3) is 0.375. The molecule has 0 aliphatic carbocycles. The minimum atomic E-state index is 0.117. The third-order valence-electron chi connectivity index (χ3n) is 6.40. The van der Waals surface area contributed by atoms with Crippen molar-refractivity contribution in [2.45, 2.75) is 40.2 Å². The number of nitrogens with zero attached hydrogens (tertiary/aromatic N) is 5. The zero-order valence-electron chi connectivity index (χ0n) is 18.2. The van der Waals surface area contributed by atoms with Gasteiger partial charge in [-0.3, -0.25) is 4.79 Å². The van der Waals surface area contributed by atoms with E-state index in [0.717, 1.165) is 53.7 Å². The van der Waals surface area contributed by atoms with Gasteiger partial charge in [0.15, 0.2) is 5.13 Å². The van der Waals surface area contributed by atoms with E-state index < -0.39 is 0 Å². The molecule has 1 fully saturated rings. The van der Waals surface area contributed by atoms with E-state index in [2.05, 4.69) is 40.5 Å². The summed E-state index contributed by atoms with van der Waals surface area (Å²) in [6.07, 6.45) is 7.91. The van der Waals surface area contributed by atoms with Gasteiger partial charge in [-0.2, -0.15) is 0 Å². The van der Waals surface area contributed by atoms with E-state index in [1.807, 2.05) is 47.2 Å². The molecule has 3 aromatic heterocycles. The minimum absolute atomic E-state index is 0.117. The van der Waals surface area contributed by atoms with Crippen LogP contribution < -0.4 is 0 Å². The van der Waals surface area contributed by atoms with Gasteiger partial charge in [0.2, 0.25) is 0 Å². The number of thiazole rings is 1. The number of amides is 1. The van der Waals surface area contributed by atoms with Crippen LogP contribution in [0.4, 0.5) is 0 Å². The molecule has 0 radical (unpaired) electrons. The molecule has 31 heavy (non-hydrogen) atoms. The van der Waals surface area contributed by atoms with Crippen LogP contribution >= 0.6 is 11.3 Å². The molecule has 5 rings (SSSR count). The summed E-state index contributed by atoms with van der Waals surface area (Å²) < 4.78 is 4.24. The third-order valence-corrected chi connectivity index (χ3v) is 7.56. The predicted molar refractivity (Wildman–Crippen MR) is 124 cm³/mol. The van der Waals surface area contributed by atoms with Gasteiger partial charge in [-0.1, -0.05) is 11.3 Å². The lowest BCUT2D eigenvalue weighted by atomic mass is 9.96. The number of piperidine rings is 1. The molecule has 7 heteroatoms. The Labute approximate surface area is 186 Å². The first-order valence-electron chi connectivity index (χ1n) is 10.8. The van der Waals surface area contributed by atoms with Crippen LogP contribution in [0.5, 0.6) is 0 Å². The van der Waals surface area contributed by atoms with Crippen molar-refractivity contribution in [3.8, 4) is 5.13 Å². The van der Waals surface area contributed by atoms with Gasteiger partial charge < -0.3 is 14.0 Å². The van der Waals surface area contributed by atoms with Gasteiger partial charge in [-0.25, -0.2) is 9.97 Å². The second kappa shape index (κ2) is 7.96. The van der Waals surface area contributed by atoms with Crippen LogP contribution in [0.15, 0.2) is 43.0 Å². The summed E-state index contributed by atoms with van der Waals surface area (Å²) in [4.78, 5) is 25.1. The first kappa shape index (κ1) is 20.0. The van der Waals surface area contributed by atoms with Crippen LogP contribution in [-0.2, 0) is 6.54 Å². The Hall–Kier alpha value is -2.93. The van der Waals surface area contributed by atoms with Crippen LogP contribution in [0, 0.1) is 26.7 Å². The Morgan fingerprint density at radius 2 is 1.81 bits per heavy atom. The van der Waals surface area contributed by atoms with E-state index in [0.29, 0.717) is 5.92 Å². The number of aromatic nitrogens is 4. The molecule has 0 spiro atoms. The second-order valence-electron chi connectivity index (χ2n) is 8.56. The van der Waals surface area contributed by atoms with Gasteiger partial charge in [0, 0.05) is 32.0 Å². The number of fused-ring (bicyclic) bond motifs is 1. The summed E-state index contributed by atoms with van der Waals surface area (Å²) in [5.41, 5.74) is 5.67. The monoisotopic (exact) mass is 433 g/mol. The molecule has 0 atom stereocenters. The molecular weight excluding hydrogens is 406 g/mol. The van der Waals surface area contributed by atoms with Crippen molar-refractivity contribution in [1.82, 2.24) is 24.0 Å². The number of aryl methyl sites for hydroxylation is 3. The molecule has 0 unspecified atom stereocenters. The topological polar surface area (TPSA) is 56.0 Å². The molecule has 1 amide bonds. The van der Waals surface area contributed by atoms with Crippen molar-refractivity contribution in [3.05, 3.63) is 64.7 Å². The Morgan fingerprint density at radius 3 is 2.55 bits per heavy atom. The number of carbonyl (C=O) groups is 1. The van der Waals surface area contributed by atoms with Crippen molar-refractivity contribution in [2.24, 2.45) is 5.92 Å². The molecule has 1 aliphatic heterocycles. The average molecular weight is 434 g/mol. The molecule has 0 N–H and O–H groups in total. The summed E-state index contributed by atoms with van der Waals surface area (Å²) in [6.45, 7) is 8.76. The fourth-order valence-corrected chi connectivity index (χ4v) is 5.35. The number of likely N-dealkylation sites (tertiary alicyclic amines) is 1. The smallest absolute Gasteiger partial charge is 0.265 e. The molecular formula is C24H27N5OS. The maximum atomic E-state index is 13.1. The Balaban J connectivity index is 1.25. The summed E-state index contributed by atoms with van der Waals surface area (Å²) in [5.74, 6) is 0.673. The zero-order valence-corrected chi connectivity index (χ0v) is 19.0. The normalized spacial score (nSPS) is 15.1. The number of benzene rings is 1. The Kier molecular flexibility index (Phi) is 5.14. The van der Waals surface area contributed by atoms with Gasteiger partial charge in [-0.05, 0) is 74.9 Å². The largest absolute Gasteiger partial charge is 0.338 e. The van der Waals surface area contributed by atoms with Crippen LogP contribution in [0.2, 0.25) is 0 Å². The van der Waals surface area contributed by atoms with Gasteiger partial charge in [0.1, 0.15) is 4.88 Å². The number of rotatable bonds is 4. The highest BCUT2D eigenvalue weighted by atomic mass is 32.1. The molecule has 1 saturated heterocycles. The maximum Gasteiger partial charge on any atom is 0.265 e. The van der Waals surface area contributed by atoms with E-state index in [1.54, 1.807) is 0 Å². The lowest BCUT2D eigenvalue weighted by Crippen LogP contribution is -2.39. The molecule has 0 saturated carbocycles. The van der Waals surface area contributed by atoms with Gasteiger partial charge in [0.05, 0.1) is 23.1 Å². The lowest BCUT2D eigenvalue weighted by Gasteiger charge is -2.32. The zero-order chi connectivity index (χ0) is 21.5. The first-order valence-corrected chi connectivity index (χ1v) is 11.6. The predicted octanol–water partition coefficient (Wildman–Crippen LogP) is 4.76. The number of imidazole rings is 1. The summed E-state index contributed by atoms with van der Waals surface area (Å²) >= 11 is 1.48. The van der Waals surface area contributed by atoms with Crippen LogP contribution in [0.25, 0.3) is 16.2 Å². The summed E-state index contributed by atoms with van der Waals surface area (Å²) in [5, 5.41) is 0.846. The highest BCUT2D eigenvalue weighted by Gasteiger charge is 2.27. The minimum Gasteiger partial charge on any atom is -0.338 e. The van der Waals surface area contributed by atoms with Crippen molar-refractivity contribution < 1.29 is 4.79 Å². The van der Waals surface area contributed by atoms with Crippen molar-refractivity contribution in [3.63, 3.8) is 0 Å². The van der Waals surface area contributed by atoms with Gasteiger partial charge >= 0.3 is 0 Å². The molecule has 6 nitrogen and oxygen atoms in total. The standard InChI is InChI=1S/C24H27N5OS/c1-16-12-20-21(13-17(16)2)29(15-25-20)14-19-6-10-27(11-7-19)23(30)22-18(3)26-24(31-22)28-8-4-5-9-28/h4-5,8-9,12-13,15,19H,6-7,10-11,14H2,1-3H3. The molecule has 0 bridgehead atoms. The van der Waals surface area contributed by atoms with E-state index in [9.17, 15) is 4.79 Å². The first-order chi connectivity index (χ1) is 15.0.